The second-order valence-electron chi connectivity index (χ2n) is 5.70. The Hall–Kier alpha value is -3.22. The van der Waals surface area contributed by atoms with E-state index in [0.29, 0.717) is 16.8 Å². The molecule has 0 bridgehead atoms. The largest absolute Gasteiger partial charge is 0.452 e. The van der Waals surface area contributed by atoms with Crippen molar-refractivity contribution in [1.29, 1.82) is 0 Å². The molecule has 0 heterocycles. The summed E-state index contributed by atoms with van der Waals surface area (Å²) in [6.07, 6.45) is 0. The third-order valence-corrected chi connectivity index (χ3v) is 3.64. The fourth-order valence-corrected chi connectivity index (χ4v) is 2.30. The van der Waals surface area contributed by atoms with Crippen molar-refractivity contribution in [2.75, 3.05) is 11.9 Å². The fourth-order valence-electron chi connectivity index (χ4n) is 2.30. The van der Waals surface area contributed by atoms with Crippen molar-refractivity contribution in [3.63, 3.8) is 0 Å². The van der Waals surface area contributed by atoms with Crippen LogP contribution in [0.5, 0.6) is 0 Å². The molecule has 0 aromatic heterocycles. The standard InChI is InChI=1S/C18H18N2O5/c1-11-4-7-15(13(3)8-11)18(22)25-10-17(21)19-16-9-14(20(23)24)6-5-12(16)2/h4-9H,10H2,1-3H3,(H,19,21). The lowest BCUT2D eigenvalue weighted by atomic mass is 10.1. The van der Waals surface area contributed by atoms with E-state index >= 15 is 0 Å². The number of rotatable bonds is 5. The Labute approximate surface area is 144 Å². The van der Waals surface area contributed by atoms with E-state index in [9.17, 15) is 19.7 Å². The number of esters is 1. The monoisotopic (exact) mass is 342 g/mol. The Kier molecular flexibility index (Phi) is 5.49. The molecule has 2 rings (SSSR count). The van der Waals surface area contributed by atoms with Crippen LogP contribution in [0.4, 0.5) is 11.4 Å². The predicted octanol–water partition coefficient (Wildman–Crippen LogP) is 3.32. The van der Waals surface area contributed by atoms with Gasteiger partial charge in [-0.25, -0.2) is 4.79 Å². The first-order valence-corrected chi connectivity index (χ1v) is 7.57. The molecule has 0 spiro atoms. The molecule has 0 atom stereocenters. The average molecular weight is 342 g/mol. The molecule has 0 radical (unpaired) electrons. The van der Waals surface area contributed by atoms with Crippen molar-refractivity contribution in [3.05, 3.63) is 68.8 Å². The summed E-state index contributed by atoms with van der Waals surface area (Å²) in [6, 6.07) is 9.44. The molecular formula is C18H18N2O5. The Bertz CT molecular complexity index is 845. The molecule has 7 heteroatoms. The summed E-state index contributed by atoms with van der Waals surface area (Å²) in [5, 5.41) is 13.3. The Morgan fingerprint density at radius 2 is 1.80 bits per heavy atom. The van der Waals surface area contributed by atoms with Gasteiger partial charge in [-0.2, -0.15) is 0 Å². The van der Waals surface area contributed by atoms with Gasteiger partial charge in [0.25, 0.3) is 11.6 Å². The van der Waals surface area contributed by atoms with Gasteiger partial charge in [0.2, 0.25) is 0 Å². The highest BCUT2D eigenvalue weighted by molar-refractivity contribution is 5.96. The highest BCUT2D eigenvalue weighted by Crippen LogP contribution is 2.21. The number of nitrogens with one attached hydrogen (secondary N) is 1. The van der Waals surface area contributed by atoms with E-state index < -0.39 is 23.4 Å². The zero-order chi connectivity index (χ0) is 18.6. The van der Waals surface area contributed by atoms with Crippen LogP contribution >= 0.6 is 0 Å². The number of non-ortho nitro benzene ring substituents is 1. The molecule has 25 heavy (non-hydrogen) atoms. The van der Waals surface area contributed by atoms with Crippen molar-refractivity contribution in [2.45, 2.75) is 20.8 Å². The molecular weight excluding hydrogens is 324 g/mol. The maximum atomic E-state index is 12.1. The lowest BCUT2D eigenvalue weighted by Gasteiger charge is -2.10. The fraction of sp³-hybridized carbons (Fsp3) is 0.222. The van der Waals surface area contributed by atoms with Gasteiger partial charge in [-0.05, 0) is 38.0 Å². The second-order valence-corrected chi connectivity index (χ2v) is 5.70. The van der Waals surface area contributed by atoms with Gasteiger partial charge >= 0.3 is 5.97 Å². The molecule has 0 unspecified atom stereocenters. The van der Waals surface area contributed by atoms with Crippen LogP contribution in [0, 0.1) is 30.9 Å². The zero-order valence-corrected chi connectivity index (χ0v) is 14.2. The molecule has 0 saturated heterocycles. The minimum absolute atomic E-state index is 0.131. The van der Waals surface area contributed by atoms with E-state index in [2.05, 4.69) is 5.32 Å². The van der Waals surface area contributed by atoms with Crippen LogP contribution in [0.25, 0.3) is 0 Å². The molecule has 7 nitrogen and oxygen atoms in total. The van der Waals surface area contributed by atoms with Crippen LogP contribution in [0.3, 0.4) is 0 Å². The minimum atomic E-state index is -0.594. The Balaban J connectivity index is 2.00. The number of anilines is 1. The zero-order valence-electron chi connectivity index (χ0n) is 14.2. The van der Waals surface area contributed by atoms with E-state index in [-0.39, 0.29) is 5.69 Å². The number of hydrogen-bond donors (Lipinski definition) is 1. The Morgan fingerprint density at radius 3 is 2.44 bits per heavy atom. The van der Waals surface area contributed by atoms with Gasteiger partial charge in [-0.3, -0.25) is 14.9 Å². The molecule has 2 aromatic carbocycles. The third-order valence-electron chi connectivity index (χ3n) is 3.64. The van der Waals surface area contributed by atoms with Gasteiger partial charge in [-0.15, -0.1) is 0 Å². The van der Waals surface area contributed by atoms with Gasteiger partial charge in [0.1, 0.15) is 0 Å². The highest BCUT2D eigenvalue weighted by atomic mass is 16.6. The normalized spacial score (nSPS) is 10.2. The number of amides is 1. The summed E-state index contributed by atoms with van der Waals surface area (Å²) in [7, 11) is 0. The van der Waals surface area contributed by atoms with Gasteiger partial charge in [-0.1, -0.05) is 23.8 Å². The van der Waals surface area contributed by atoms with Crippen LogP contribution in [0.1, 0.15) is 27.0 Å². The first-order valence-electron chi connectivity index (χ1n) is 7.57. The topological polar surface area (TPSA) is 98.5 Å². The average Bonchev–Trinajstić information content (AvgIpc) is 2.54. The van der Waals surface area contributed by atoms with E-state index in [4.69, 9.17) is 4.74 Å². The molecule has 0 saturated carbocycles. The van der Waals surface area contributed by atoms with Crippen molar-refractivity contribution >= 4 is 23.3 Å². The molecule has 0 fully saturated rings. The third kappa shape index (κ3) is 4.63. The lowest BCUT2D eigenvalue weighted by Crippen LogP contribution is -2.21. The summed E-state index contributed by atoms with van der Waals surface area (Å²) in [4.78, 5) is 34.3. The van der Waals surface area contributed by atoms with Gasteiger partial charge in [0.15, 0.2) is 6.61 Å². The van der Waals surface area contributed by atoms with E-state index in [0.717, 1.165) is 11.1 Å². The van der Waals surface area contributed by atoms with Gasteiger partial charge < -0.3 is 10.1 Å². The number of hydrogen-bond acceptors (Lipinski definition) is 5. The summed E-state index contributed by atoms with van der Waals surface area (Å²) in [5.41, 5.74) is 3.02. The quantitative estimate of drug-likeness (QED) is 0.510. The molecule has 1 amide bonds. The number of nitro groups is 1. The summed E-state index contributed by atoms with van der Waals surface area (Å²) < 4.78 is 5.02. The Morgan fingerprint density at radius 1 is 1.08 bits per heavy atom. The van der Waals surface area contributed by atoms with Crippen LogP contribution in [-0.2, 0) is 9.53 Å². The molecule has 1 N–H and O–H groups in total. The SMILES string of the molecule is Cc1ccc(C(=O)OCC(=O)Nc2cc([N+](=O)[O-])ccc2C)c(C)c1. The first-order chi connectivity index (χ1) is 11.8. The second kappa shape index (κ2) is 7.57. The lowest BCUT2D eigenvalue weighted by molar-refractivity contribution is -0.384. The summed E-state index contributed by atoms with van der Waals surface area (Å²) >= 11 is 0. The predicted molar refractivity (Wildman–Crippen MR) is 92.7 cm³/mol. The first kappa shape index (κ1) is 18.1. The molecule has 130 valence electrons. The number of nitrogens with zero attached hydrogens (tertiary/aromatic N) is 1. The van der Waals surface area contributed by atoms with E-state index in [1.165, 1.54) is 18.2 Å². The molecule has 2 aromatic rings. The summed E-state index contributed by atoms with van der Waals surface area (Å²) in [5.74, 6) is -1.16. The van der Waals surface area contributed by atoms with Crippen LogP contribution in [0.15, 0.2) is 36.4 Å². The maximum Gasteiger partial charge on any atom is 0.338 e. The number of benzene rings is 2. The van der Waals surface area contributed by atoms with Gasteiger partial charge in [0, 0.05) is 12.1 Å². The number of nitro benzene ring substituents is 1. The number of ether oxygens (including phenoxy) is 1. The van der Waals surface area contributed by atoms with E-state index in [1.54, 1.807) is 26.0 Å². The molecule has 0 aliphatic heterocycles. The van der Waals surface area contributed by atoms with Crippen molar-refractivity contribution in [3.8, 4) is 0 Å². The molecule has 0 aliphatic rings. The van der Waals surface area contributed by atoms with Crippen LogP contribution in [0.2, 0.25) is 0 Å². The van der Waals surface area contributed by atoms with Crippen LogP contribution < -0.4 is 5.32 Å². The number of carbonyl (C=O) groups excluding carboxylic acids is 2. The smallest absolute Gasteiger partial charge is 0.338 e. The van der Waals surface area contributed by atoms with Crippen molar-refractivity contribution < 1.29 is 19.2 Å². The summed E-state index contributed by atoms with van der Waals surface area (Å²) in [6.45, 7) is 4.93. The van der Waals surface area contributed by atoms with Crippen molar-refractivity contribution in [1.82, 2.24) is 0 Å². The molecule has 0 aliphatic carbocycles. The number of aryl methyl sites for hydroxylation is 3. The van der Waals surface area contributed by atoms with Crippen molar-refractivity contribution in [2.24, 2.45) is 0 Å². The van der Waals surface area contributed by atoms with Gasteiger partial charge in [0.05, 0.1) is 16.2 Å². The minimum Gasteiger partial charge on any atom is -0.452 e. The van der Waals surface area contributed by atoms with E-state index in [1.807, 2.05) is 13.0 Å². The maximum absolute atomic E-state index is 12.1. The number of carbonyl (C=O) groups is 2. The van der Waals surface area contributed by atoms with Crippen LogP contribution in [-0.4, -0.2) is 23.4 Å². The highest BCUT2D eigenvalue weighted by Gasteiger charge is 2.15.